The molecule has 1 amide bonds. The fourth-order valence-corrected chi connectivity index (χ4v) is 3.91. The van der Waals surface area contributed by atoms with Gasteiger partial charge in [-0.05, 0) is 24.6 Å². The number of aromatic nitrogens is 3. The number of hydrogen-bond acceptors (Lipinski definition) is 6. The number of thioether (sulfide) groups is 1. The van der Waals surface area contributed by atoms with Gasteiger partial charge in [0.05, 0.1) is 17.0 Å². The van der Waals surface area contributed by atoms with Crippen LogP contribution in [0.15, 0.2) is 35.1 Å². The third kappa shape index (κ3) is 4.90. The van der Waals surface area contributed by atoms with Gasteiger partial charge in [-0.15, -0.1) is 11.8 Å². The van der Waals surface area contributed by atoms with Gasteiger partial charge < -0.3 is 5.32 Å². The number of nitrogens with zero attached hydrogens (tertiary/aromatic N) is 3. The molecule has 0 spiro atoms. The Morgan fingerprint density at radius 3 is 2.82 bits per heavy atom. The molecule has 0 atom stereocenters. The van der Waals surface area contributed by atoms with Crippen molar-refractivity contribution in [3.63, 3.8) is 0 Å². The van der Waals surface area contributed by atoms with E-state index >= 15 is 0 Å². The lowest BCUT2D eigenvalue weighted by Gasteiger charge is -2.09. The standard InChI is InChI=1S/C17H15F3N4O2S2/c1-2-14-23-24-15(26)7-12(22-16(24)28-14)8-27-9-13(25)21-11-5-3-4-10(6-11)17(18,19)20/h3-7H,2,8-9H2,1H3,(H,21,25). The highest BCUT2D eigenvalue weighted by atomic mass is 32.2. The number of carbonyl (C=O) groups excluding carboxylic acids is 1. The Morgan fingerprint density at radius 2 is 2.11 bits per heavy atom. The molecule has 148 valence electrons. The van der Waals surface area contributed by atoms with Gasteiger partial charge in [-0.3, -0.25) is 9.59 Å². The van der Waals surface area contributed by atoms with Crippen molar-refractivity contribution in [2.75, 3.05) is 11.1 Å². The van der Waals surface area contributed by atoms with Gasteiger partial charge in [0, 0.05) is 17.5 Å². The highest BCUT2D eigenvalue weighted by Crippen LogP contribution is 2.30. The maximum Gasteiger partial charge on any atom is 0.416 e. The Morgan fingerprint density at radius 1 is 1.32 bits per heavy atom. The van der Waals surface area contributed by atoms with E-state index in [-0.39, 0.29) is 17.0 Å². The average Bonchev–Trinajstić information content (AvgIpc) is 3.05. The number of halogens is 3. The van der Waals surface area contributed by atoms with Crippen molar-refractivity contribution in [3.8, 4) is 0 Å². The molecule has 0 fully saturated rings. The lowest BCUT2D eigenvalue weighted by Crippen LogP contribution is -2.16. The Labute approximate surface area is 165 Å². The first-order chi connectivity index (χ1) is 13.3. The van der Waals surface area contributed by atoms with Crippen LogP contribution in [0.3, 0.4) is 0 Å². The molecule has 2 heterocycles. The lowest BCUT2D eigenvalue weighted by molar-refractivity contribution is -0.137. The van der Waals surface area contributed by atoms with Crippen molar-refractivity contribution >= 4 is 39.7 Å². The zero-order valence-corrected chi connectivity index (χ0v) is 16.2. The van der Waals surface area contributed by atoms with Crippen molar-refractivity contribution in [2.45, 2.75) is 25.3 Å². The molecular formula is C17H15F3N4O2S2. The molecule has 0 bridgehead atoms. The van der Waals surface area contributed by atoms with Crippen LogP contribution in [0.2, 0.25) is 0 Å². The maximum atomic E-state index is 12.7. The quantitative estimate of drug-likeness (QED) is 0.649. The van der Waals surface area contributed by atoms with Crippen molar-refractivity contribution in [1.29, 1.82) is 0 Å². The second-order valence-electron chi connectivity index (χ2n) is 5.75. The minimum atomic E-state index is -4.47. The van der Waals surface area contributed by atoms with Gasteiger partial charge in [0.2, 0.25) is 10.9 Å². The first-order valence-corrected chi connectivity index (χ1v) is 10.2. The van der Waals surface area contributed by atoms with Crippen LogP contribution in [0.4, 0.5) is 18.9 Å². The molecule has 1 N–H and O–H groups in total. The summed E-state index contributed by atoms with van der Waals surface area (Å²) in [6, 6.07) is 5.81. The van der Waals surface area contributed by atoms with E-state index in [1.165, 1.54) is 45.8 Å². The molecule has 0 radical (unpaired) electrons. The molecule has 2 aromatic heterocycles. The summed E-state index contributed by atoms with van der Waals surface area (Å²) in [5, 5.41) is 7.40. The molecule has 0 unspecified atom stereocenters. The second kappa shape index (κ2) is 8.31. The number of nitrogens with one attached hydrogen (secondary N) is 1. The van der Waals surface area contributed by atoms with Gasteiger partial charge in [-0.1, -0.05) is 24.3 Å². The van der Waals surface area contributed by atoms with Gasteiger partial charge in [-0.25, -0.2) is 4.98 Å². The summed E-state index contributed by atoms with van der Waals surface area (Å²) >= 11 is 2.54. The molecule has 1 aromatic carbocycles. The smallest absolute Gasteiger partial charge is 0.325 e. The molecule has 0 aliphatic heterocycles. The van der Waals surface area contributed by atoms with E-state index in [1.807, 2.05) is 6.92 Å². The topological polar surface area (TPSA) is 76.4 Å². The zero-order valence-electron chi connectivity index (χ0n) is 14.6. The van der Waals surface area contributed by atoms with Gasteiger partial charge >= 0.3 is 6.18 Å². The highest BCUT2D eigenvalue weighted by Gasteiger charge is 2.30. The molecule has 3 aromatic rings. The van der Waals surface area contributed by atoms with Gasteiger partial charge in [-0.2, -0.15) is 22.8 Å². The third-order valence-corrected chi connectivity index (χ3v) is 5.62. The van der Waals surface area contributed by atoms with Crippen LogP contribution >= 0.6 is 23.1 Å². The van der Waals surface area contributed by atoms with Crippen LogP contribution in [0.5, 0.6) is 0 Å². The summed E-state index contributed by atoms with van der Waals surface area (Å²) < 4.78 is 39.4. The van der Waals surface area contributed by atoms with E-state index in [0.717, 1.165) is 17.1 Å². The number of fused-ring (bicyclic) bond motifs is 1. The number of rotatable bonds is 6. The SMILES string of the molecule is CCc1nn2c(=O)cc(CSCC(=O)Nc3cccc(C(F)(F)F)c3)nc2s1. The van der Waals surface area contributed by atoms with Crippen LogP contribution < -0.4 is 10.9 Å². The number of alkyl halides is 3. The fraction of sp³-hybridized carbons (Fsp3) is 0.294. The zero-order chi connectivity index (χ0) is 20.3. The predicted molar refractivity (Wildman–Crippen MR) is 103 cm³/mol. The van der Waals surface area contributed by atoms with Gasteiger partial charge in [0.25, 0.3) is 5.56 Å². The summed E-state index contributed by atoms with van der Waals surface area (Å²) in [5.41, 5.74) is -0.514. The molecule has 0 aliphatic carbocycles. The van der Waals surface area contributed by atoms with E-state index in [2.05, 4.69) is 15.4 Å². The largest absolute Gasteiger partial charge is 0.416 e. The number of anilines is 1. The summed E-state index contributed by atoms with van der Waals surface area (Å²) in [6.07, 6.45) is -3.77. The van der Waals surface area contributed by atoms with Crippen LogP contribution in [0, 0.1) is 0 Å². The minimum Gasteiger partial charge on any atom is -0.325 e. The molecule has 28 heavy (non-hydrogen) atoms. The number of carbonyl (C=O) groups is 1. The molecule has 0 saturated carbocycles. The Bertz CT molecular complexity index is 1060. The molecule has 6 nitrogen and oxygen atoms in total. The molecular weight excluding hydrogens is 413 g/mol. The molecule has 11 heteroatoms. The lowest BCUT2D eigenvalue weighted by atomic mass is 10.2. The summed E-state index contributed by atoms with van der Waals surface area (Å²) in [7, 11) is 0. The number of benzene rings is 1. The van der Waals surface area contributed by atoms with Gasteiger partial charge in [0.15, 0.2) is 0 Å². The van der Waals surface area contributed by atoms with E-state index in [0.29, 0.717) is 22.8 Å². The second-order valence-corrected chi connectivity index (χ2v) is 7.78. The predicted octanol–water partition coefficient (Wildman–Crippen LogP) is 3.60. The average molecular weight is 428 g/mol. The first-order valence-electron chi connectivity index (χ1n) is 8.20. The number of aryl methyl sites for hydroxylation is 1. The van der Waals surface area contributed by atoms with E-state index in [4.69, 9.17) is 0 Å². The van der Waals surface area contributed by atoms with E-state index in [1.54, 1.807) is 0 Å². The Balaban J connectivity index is 1.58. The third-order valence-electron chi connectivity index (χ3n) is 3.60. The van der Waals surface area contributed by atoms with Gasteiger partial charge in [0.1, 0.15) is 5.01 Å². The van der Waals surface area contributed by atoms with E-state index in [9.17, 15) is 22.8 Å². The fourth-order valence-electron chi connectivity index (χ4n) is 2.33. The number of hydrogen-bond donors (Lipinski definition) is 1. The van der Waals surface area contributed by atoms with Crippen molar-refractivity contribution in [2.24, 2.45) is 0 Å². The van der Waals surface area contributed by atoms with Crippen molar-refractivity contribution in [3.05, 3.63) is 57.0 Å². The highest BCUT2D eigenvalue weighted by molar-refractivity contribution is 7.99. The molecule has 0 saturated heterocycles. The summed E-state index contributed by atoms with van der Waals surface area (Å²) in [5.74, 6) is -0.102. The van der Waals surface area contributed by atoms with Crippen molar-refractivity contribution < 1.29 is 18.0 Å². The number of amides is 1. The Kier molecular flexibility index (Phi) is 6.04. The van der Waals surface area contributed by atoms with Crippen LogP contribution in [0.25, 0.3) is 4.96 Å². The van der Waals surface area contributed by atoms with Crippen LogP contribution in [-0.2, 0) is 23.1 Å². The van der Waals surface area contributed by atoms with Crippen LogP contribution in [-0.4, -0.2) is 26.3 Å². The maximum absolute atomic E-state index is 12.7. The summed E-state index contributed by atoms with van der Waals surface area (Å²) in [6.45, 7) is 1.93. The monoisotopic (exact) mass is 428 g/mol. The minimum absolute atomic E-state index is 0.0141. The molecule has 0 aliphatic rings. The van der Waals surface area contributed by atoms with Crippen molar-refractivity contribution in [1.82, 2.24) is 14.6 Å². The molecule has 3 rings (SSSR count). The summed E-state index contributed by atoms with van der Waals surface area (Å²) in [4.78, 5) is 28.9. The van der Waals surface area contributed by atoms with Crippen LogP contribution in [0.1, 0.15) is 23.2 Å². The first kappa shape index (κ1) is 20.3. The normalized spacial score (nSPS) is 11.7. The van der Waals surface area contributed by atoms with E-state index < -0.39 is 17.6 Å². The Hall–Kier alpha value is -2.40.